The Morgan fingerprint density at radius 3 is 2.31 bits per heavy atom. The number of ether oxygens (including phenoxy) is 6. The van der Waals surface area contributed by atoms with E-state index in [1.54, 1.807) is 51.7 Å². The van der Waals surface area contributed by atoms with Crippen molar-refractivity contribution in [2.45, 2.75) is 73.6 Å². The molecule has 7 rings (SSSR count). The van der Waals surface area contributed by atoms with Crippen LogP contribution in [0.2, 0.25) is 0 Å². The summed E-state index contributed by atoms with van der Waals surface area (Å²) in [5.41, 5.74) is -4.79. The summed E-state index contributed by atoms with van der Waals surface area (Å²) in [4.78, 5) is 29.1. The summed E-state index contributed by atoms with van der Waals surface area (Å²) < 4.78 is 37.2. The highest BCUT2D eigenvalue weighted by molar-refractivity contribution is 5.89. The van der Waals surface area contributed by atoms with Gasteiger partial charge in [-0.25, -0.2) is 4.79 Å². The standard InChI is InChI=1S/C33H45NO11/c1-16(35)45-33-21-18(13-31(39,28(43-6)26(33)37)27(21)44-29(38)17-10-8-7-9-11-17)32-20(41-4)12-19(36)30(15-40-3)14-34(2)25(32)22(33)23(42-5)24(30)32/h7-11,18-28,36-37,39H,12-15H2,1-6H3/t18-,19-,20+,21-,22+,23-,24-,25-,26+,27+,28+,30-,31-,32+,33-/m1/s1. The van der Waals surface area contributed by atoms with Gasteiger partial charge in [0.2, 0.25) is 0 Å². The molecule has 248 valence electrons. The number of carbonyl (C=O) groups is 2. The fraction of sp³-hybridized carbons (Fsp3) is 0.758. The van der Waals surface area contributed by atoms with Crippen molar-refractivity contribution in [1.82, 2.24) is 4.90 Å². The Labute approximate surface area is 262 Å². The van der Waals surface area contributed by atoms with E-state index in [1.165, 1.54) is 14.0 Å². The molecule has 6 aliphatic rings. The number of esters is 2. The van der Waals surface area contributed by atoms with Crippen LogP contribution in [-0.2, 0) is 33.2 Å². The Morgan fingerprint density at radius 1 is 1.00 bits per heavy atom. The van der Waals surface area contributed by atoms with E-state index in [4.69, 9.17) is 28.4 Å². The second-order valence-electron chi connectivity index (χ2n) is 14.3. The Hall–Kier alpha value is -2.16. The maximum atomic E-state index is 13.7. The second kappa shape index (κ2) is 10.4. The fourth-order valence-electron chi connectivity index (χ4n) is 12.2. The average molecular weight is 632 g/mol. The molecule has 6 fully saturated rings. The predicted octanol–water partition coefficient (Wildman–Crippen LogP) is 0.258. The number of hydrogen-bond donors (Lipinski definition) is 3. The summed E-state index contributed by atoms with van der Waals surface area (Å²) in [6.45, 7) is 2.00. The largest absolute Gasteiger partial charge is 0.455 e. The van der Waals surface area contributed by atoms with E-state index in [9.17, 15) is 24.9 Å². The van der Waals surface area contributed by atoms with Gasteiger partial charge in [0, 0.05) is 83.0 Å². The van der Waals surface area contributed by atoms with Crippen molar-refractivity contribution in [3.05, 3.63) is 35.9 Å². The van der Waals surface area contributed by atoms with Gasteiger partial charge in [-0.05, 0) is 31.5 Å². The molecule has 1 saturated heterocycles. The molecule has 0 radical (unpaired) electrons. The van der Waals surface area contributed by atoms with Crippen molar-refractivity contribution < 1.29 is 53.3 Å². The maximum Gasteiger partial charge on any atom is 0.338 e. The fourth-order valence-corrected chi connectivity index (χ4v) is 12.2. The zero-order valence-corrected chi connectivity index (χ0v) is 26.6. The van der Waals surface area contributed by atoms with Gasteiger partial charge in [-0.2, -0.15) is 0 Å². The van der Waals surface area contributed by atoms with Gasteiger partial charge in [-0.1, -0.05) is 18.2 Å². The van der Waals surface area contributed by atoms with E-state index >= 15 is 0 Å². The molecule has 0 aromatic heterocycles. The van der Waals surface area contributed by atoms with Gasteiger partial charge < -0.3 is 48.6 Å². The van der Waals surface area contributed by atoms with Crippen LogP contribution in [0.25, 0.3) is 0 Å². The first-order chi connectivity index (χ1) is 21.4. The Morgan fingerprint density at radius 2 is 1.71 bits per heavy atom. The average Bonchev–Trinajstić information content (AvgIpc) is 3.40. The molecule has 5 aliphatic carbocycles. The SMILES string of the molecule is COC[C@@]12CN(C)[C@@H]3[C@@H]4[C@@H](OC)[C@H]1[C@@]3([C@@H](OC)C[C@H]2O)[C@@H]1C[C@@]2(O)[C@@H](OC(=O)c3ccccc3)[C@@H]1[C@]4(OC(C)=O)[C@@H](O)[C@@H]2OC. The van der Waals surface area contributed by atoms with E-state index in [1.807, 2.05) is 7.05 Å². The quantitative estimate of drug-likeness (QED) is 0.337. The number of nitrogens with zero attached hydrogens (tertiary/aromatic N) is 1. The van der Waals surface area contributed by atoms with Crippen LogP contribution in [0.5, 0.6) is 0 Å². The Bertz CT molecular complexity index is 1350. The lowest BCUT2D eigenvalue weighted by atomic mass is 9.42. The molecule has 0 unspecified atom stereocenters. The van der Waals surface area contributed by atoms with E-state index in [2.05, 4.69) is 4.90 Å². The van der Waals surface area contributed by atoms with Crippen LogP contribution in [0.3, 0.4) is 0 Å². The summed E-state index contributed by atoms with van der Waals surface area (Å²) in [6.07, 6.45) is -5.50. The van der Waals surface area contributed by atoms with Crippen LogP contribution in [-0.4, -0.2) is 135 Å². The van der Waals surface area contributed by atoms with Crippen LogP contribution < -0.4 is 0 Å². The number of fused-ring (bicyclic) bond motifs is 2. The molecule has 1 aromatic rings. The van der Waals surface area contributed by atoms with Crippen LogP contribution >= 0.6 is 0 Å². The molecule has 7 bridgehead atoms. The van der Waals surface area contributed by atoms with Crippen LogP contribution in [0.1, 0.15) is 30.1 Å². The summed E-state index contributed by atoms with van der Waals surface area (Å²) in [5, 5.41) is 37.0. The molecule has 1 aliphatic heterocycles. The number of likely N-dealkylation sites (tertiary alicyclic amines) is 1. The van der Waals surface area contributed by atoms with Gasteiger partial charge in [0.05, 0.1) is 30.5 Å². The van der Waals surface area contributed by atoms with E-state index in [0.29, 0.717) is 18.5 Å². The zero-order chi connectivity index (χ0) is 32.3. The van der Waals surface area contributed by atoms with Gasteiger partial charge in [0.15, 0.2) is 5.60 Å². The minimum atomic E-state index is -1.83. The molecule has 3 N–H and O–H groups in total. The molecule has 1 heterocycles. The first-order valence-corrected chi connectivity index (χ1v) is 15.8. The topological polar surface area (TPSA) is 153 Å². The number of methoxy groups -OCH3 is 4. The third kappa shape index (κ3) is 3.55. The summed E-state index contributed by atoms with van der Waals surface area (Å²) in [5.74, 6) is -3.66. The number of rotatable bonds is 8. The summed E-state index contributed by atoms with van der Waals surface area (Å²) in [6, 6.07) is 8.15. The van der Waals surface area contributed by atoms with E-state index < -0.39 is 88.3 Å². The zero-order valence-electron chi connectivity index (χ0n) is 26.6. The maximum absolute atomic E-state index is 13.7. The lowest BCUT2D eigenvalue weighted by Gasteiger charge is -2.70. The minimum absolute atomic E-state index is 0.0754. The first kappa shape index (κ1) is 31.4. The van der Waals surface area contributed by atoms with Gasteiger partial charge >= 0.3 is 11.9 Å². The van der Waals surface area contributed by atoms with E-state index in [-0.39, 0.29) is 25.0 Å². The third-order valence-corrected chi connectivity index (χ3v) is 12.9. The van der Waals surface area contributed by atoms with Crippen molar-refractivity contribution >= 4 is 11.9 Å². The first-order valence-electron chi connectivity index (χ1n) is 15.8. The van der Waals surface area contributed by atoms with Gasteiger partial charge in [-0.3, -0.25) is 4.79 Å². The van der Waals surface area contributed by atoms with Crippen LogP contribution in [0.15, 0.2) is 30.3 Å². The van der Waals surface area contributed by atoms with Gasteiger partial charge in [0.25, 0.3) is 0 Å². The second-order valence-corrected chi connectivity index (χ2v) is 14.3. The molecule has 1 spiro atoms. The Kier molecular flexibility index (Phi) is 7.28. The smallest absolute Gasteiger partial charge is 0.338 e. The number of aliphatic hydroxyl groups is 3. The van der Waals surface area contributed by atoms with Crippen molar-refractivity contribution in [1.29, 1.82) is 0 Å². The number of carbonyl (C=O) groups excluding carboxylic acids is 2. The molecule has 12 heteroatoms. The van der Waals surface area contributed by atoms with Crippen molar-refractivity contribution in [2.75, 3.05) is 48.6 Å². The highest BCUT2D eigenvalue weighted by Gasteiger charge is 2.92. The van der Waals surface area contributed by atoms with Crippen LogP contribution in [0.4, 0.5) is 0 Å². The normalized spacial score (nSPS) is 50.7. The lowest BCUT2D eigenvalue weighted by Crippen LogP contribution is -2.81. The monoisotopic (exact) mass is 631 g/mol. The number of hydrogen-bond acceptors (Lipinski definition) is 12. The summed E-state index contributed by atoms with van der Waals surface area (Å²) in [7, 11) is 8.20. The highest BCUT2D eigenvalue weighted by Crippen LogP contribution is 2.80. The molecule has 1 aromatic carbocycles. The molecule has 12 nitrogen and oxygen atoms in total. The van der Waals surface area contributed by atoms with Crippen molar-refractivity contribution in [3.63, 3.8) is 0 Å². The minimum Gasteiger partial charge on any atom is -0.455 e. The Balaban J connectivity index is 1.52. The third-order valence-electron chi connectivity index (χ3n) is 12.9. The molecule has 15 atom stereocenters. The number of piperidine rings is 1. The van der Waals surface area contributed by atoms with Gasteiger partial charge in [-0.15, -0.1) is 0 Å². The molecule has 45 heavy (non-hydrogen) atoms. The van der Waals surface area contributed by atoms with Crippen molar-refractivity contribution in [2.24, 2.45) is 34.5 Å². The molecule has 5 saturated carbocycles. The van der Waals surface area contributed by atoms with Crippen molar-refractivity contribution in [3.8, 4) is 0 Å². The molecular formula is C33H45NO11. The number of benzene rings is 1. The van der Waals surface area contributed by atoms with Crippen LogP contribution in [0, 0.1) is 34.5 Å². The van der Waals surface area contributed by atoms with E-state index in [0.717, 1.165) is 0 Å². The lowest BCUT2D eigenvalue weighted by molar-refractivity contribution is -0.321. The molecule has 0 amide bonds. The molecular weight excluding hydrogens is 586 g/mol. The van der Waals surface area contributed by atoms with Gasteiger partial charge in [0.1, 0.15) is 23.9 Å². The number of aliphatic hydroxyl groups excluding tert-OH is 2. The predicted molar refractivity (Wildman–Crippen MR) is 156 cm³/mol. The summed E-state index contributed by atoms with van der Waals surface area (Å²) >= 11 is 0. The highest BCUT2D eigenvalue weighted by atomic mass is 16.6.